The lowest BCUT2D eigenvalue weighted by Crippen LogP contribution is -2.11. The van der Waals surface area contributed by atoms with Crippen molar-refractivity contribution >= 4 is 5.97 Å². The minimum Gasteiger partial charge on any atom is -0.488 e. The molecule has 1 aromatic rings. The average Bonchev–Trinajstić information content (AvgIpc) is 2.90. The van der Waals surface area contributed by atoms with E-state index < -0.39 is 18.0 Å². The Bertz CT molecular complexity index is 485. The first-order valence-corrected chi connectivity index (χ1v) is 5.45. The molecule has 2 aliphatic rings. The molecule has 1 saturated carbocycles. The van der Waals surface area contributed by atoms with Crippen LogP contribution in [0.5, 0.6) is 5.75 Å². The largest absolute Gasteiger partial charge is 0.488 e. The van der Waals surface area contributed by atoms with E-state index in [0.717, 1.165) is 5.56 Å². The number of rotatable bonds is 2. The third-order valence-electron chi connectivity index (χ3n) is 3.44. The number of fused-ring (bicyclic) bond motifs is 3. The lowest BCUT2D eigenvalue weighted by molar-refractivity contribution is -0.186. The Hall–Kier alpha value is -1.62. The van der Waals surface area contributed by atoms with Crippen LogP contribution in [0, 0.1) is 5.92 Å². The lowest BCUT2D eigenvalue weighted by atomic mass is 10.0. The van der Waals surface area contributed by atoms with Gasteiger partial charge in [-0.15, -0.1) is 0 Å². The normalized spacial score (nSPS) is 29.9. The molecule has 1 aliphatic heterocycles. The zero-order chi connectivity index (χ0) is 12.2. The van der Waals surface area contributed by atoms with E-state index in [9.17, 15) is 14.4 Å². The van der Waals surface area contributed by atoms with Gasteiger partial charge in [-0.3, -0.25) is 4.94 Å². The number of ether oxygens (including phenoxy) is 1. The number of halogens is 1. The quantitative estimate of drug-likeness (QED) is 0.851. The molecule has 1 aliphatic carbocycles. The first-order chi connectivity index (χ1) is 8.15. The van der Waals surface area contributed by atoms with Crippen molar-refractivity contribution in [3.8, 4) is 5.75 Å². The van der Waals surface area contributed by atoms with Gasteiger partial charge < -0.3 is 9.84 Å². The average molecular weight is 238 g/mol. The summed E-state index contributed by atoms with van der Waals surface area (Å²) >= 11 is 0. The fourth-order valence-electron chi connectivity index (χ4n) is 2.57. The lowest BCUT2D eigenvalue weighted by Gasteiger charge is -2.13. The van der Waals surface area contributed by atoms with Crippen molar-refractivity contribution < 1.29 is 24.1 Å². The molecule has 4 unspecified atom stereocenters. The molecule has 1 N–H and O–H groups in total. The van der Waals surface area contributed by atoms with Crippen LogP contribution in [-0.4, -0.2) is 17.2 Å². The summed E-state index contributed by atoms with van der Waals surface area (Å²) < 4.78 is 17.4. The Morgan fingerprint density at radius 3 is 3.00 bits per heavy atom. The monoisotopic (exact) mass is 238 g/mol. The number of carbonyl (C=O) groups is 1. The van der Waals surface area contributed by atoms with Crippen LogP contribution in [0.4, 0.5) is 4.53 Å². The Morgan fingerprint density at radius 1 is 1.59 bits per heavy atom. The molecule has 1 fully saturated rings. The smallest absolute Gasteiger partial charge is 0.356 e. The number of carbonyl (C=O) groups excluding carboxylic acids is 1. The number of hydrogen-bond acceptors (Lipinski definition) is 4. The van der Waals surface area contributed by atoms with E-state index in [0.29, 0.717) is 11.3 Å². The van der Waals surface area contributed by atoms with Crippen molar-refractivity contribution in [3.05, 3.63) is 29.3 Å². The Balaban J connectivity index is 1.94. The van der Waals surface area contributed by atoms with E-state index in [1.165, 1.54) is 0 Å². The van der Waals surface area contributed by atoms with Gasteiger partial charge in [-0.1, -0.05) is 18.2 Å². The summed E-state index contributed by atoms with van der Waals surface area (Å²) in [6, 6.07) is 5.40. The van der Waals surface area contributed by atoms with E-state index in [1.807, 2.05) is 6.07 Å². The number of hydrogen-bond donors (Lipinski definition) is 1. The molecule has 0 amide bonds. The zero-order valence-corrected chi connectivity index (χ0v) is 9.09. The highest BCUT2D eigenvalue weighted by molar-refractivity contribution is 5.80. The van der Waals surface area contributed by atoms with Crippen molar-refractivity contribution in [2.45, 2.75) is 25.0 Å². The highest BCUT2D eigenvalue weighted by Crippen LogP contribution is 2.59. The molecule has 4 atom stereocenters. The predicted molar refractivity (Wildman–Crippen MR) is 54.9 cm³/mol. The molecule has 3 rings (SSSR count). The van der Waals surface area contributed by atoms with Crippen LogP contribution < -0.4 is 4.74 Å². The second kappa shape index (κ2) is 3.43. The summed E-state index contributed by atoms with van der Waals surface area (Å²) in [5, 5.41) is 9.58. The van der Waals surface area contributed by atoms with Gasteiger partial charge in [0.05, 0.1) is 6.10 Å². The maximum absolute atomic E-state index is 11.8. The molecule has 90 valence electrons. The van der Waals surface area contributed by atoms with E-state index in [2.05, 4.69) is 4.94 Å². The minimum absolute atomic E-state index is 0.132. The standard InChI is InChI=1S/C12H11FO4/c1-5(14)6-3-2-4-7-8-9(12(15)17-13)11(8)16-10(6)7/h2-5,8-9,11,14H,1H3. The van der Waals surface area contributed by atoms with E-state index in [-0.39, 0.29) is 12.0 Å². The predicted octanol–water partition coefficient (Wildman–Crippen LogP) is 1.64. The molecule has 5 heteroatoms. The maximum Gasteiger partial charge on any atom is 0.356 e. The maximum atomic E-state index is 11.8. The highest BCUT2D eigenvalue weighted by atomic mass is 19.3. The fraction of sp³-hybridized carbons (Fsp3) is 0.417. The van der Waals surface area contributed by atoms with Crippen LogP contribution in [0.25, 0.3) is 0 Å². The fourth-order valence-corrected chi connectivity index (χ4v) is 2.57. The van der Waals surface area contributed by atoms with Crippen molar-refractivity contribution in [2.75, 3.05) is 0 Å². The summed E-state index contributed by atoms with van der Waals surface area (Å²) in [5.74, 6) is -0.933. The molecule has 1 aromatic carbocycles. The summed E-state index contributed by atoms with van der Waals surface area (Å²) in [7, 11) is 0. The zero-order valence-electron chi connectivity index (χ0n) is 9.09. The van der Waals surface area contributed by atoms with Crippen LogP contribution >= 0.6 is 0 Å². The Labute approximate surface area is 96.9 Å². The summed E-state index contributed by atoms with van der Waals surface area (Å²) in [5.41, 5.74) is 1.55. The van der Waals surface area contributed by atoms with Gasteiger partial charge in [0, 0.05) is 21.6 Å². The third-order valence-corrected chi connectivity index (χ3v) is 3.44. The van der Waals surface area contributed by atoms with Crippen molar-refractivity contribution in [1.82, 2.24) is 0 Å². The van der Waals surface area contributed by atoms with Gasteiger partial charge in [0.2, 0.25) is 0 Å². The molecule has 0 radical (unpaired) electrons. The van der Waals surface area contributed by atoms with Crippen LogP contribution in [0.1, 0.15) is 30.1 Å². The number of benzene rings is 1. The molecule has 0 bridgehead atoms. The van der Waals surface area contributed by atoms with E-state index in [4.69, 9.17) is 4.74 Å². The Morgan fingerprint density at radius 2 is 2.35 bits per heavy atom. The molecule has 4 nitrogen and oxygen atoms in total. The number of aliphatic hydroxyl groups is 1. The van der Waals surface area contributed by atoms with Crippen LogP contribution in [-0.2, 0) is 9.74 Å². The molecular weight excluding hydrogens is 227 g/mol. The highest BCUT2D eigenvalue weighted by Gasteiger charge is 2.64. The van der Waals surface area contributed by atoms with Crippen molar-refractivity contribution in [2.24, 2.45) is 5.92 Å². The molecule has 17 heavy (non-hydrogen) atoms. The van der Waals surface area contributed by atoms with Gasteiger partial charge in [0.25, 0.3) is 0 Å². The van der Waals surface area contributed by atoms with Gasteiger partial charge in [0.15, 0.2) is 0 Å². The van der Waals surface area contributed by atoms with Gasteiger partial charge in [-0.05, 0) is 6.92 Å². The third kappa shape index (κ3) is 1.35. The van der Waals surface area contributed by atoms with Gasteiger partial charge >= 0.3 is 5.97 Å². The summed E-state index contributed by atoms with van der Waals surface area (Å²) in [6.07, 6.45) is -0.970. The van der Waals surface area contributed by atoms with Gasteiger partial charge in [-0.25, -0.2) is 4.79 Å². The van der Waals surface area contributed by atoms with Gasteiger partial charge in [0.1, 0.15) is 17.8 Å². The molecular formula is C12H11FO4. The second-order valence-corrected chi connectivity index (χ2v) is 4.47. The summed E-state index contributed by atoms with van der Waals surface area (Å²) in [6.45, 7) is 1.65. The van der Waals surface area contributed by atoms with Gasteiger partial charge in [-0.2, -0.15) is 0 Å². The first kappa shape index (κ1) is 10.5. The number of para-hydroxylation sites is 1. The van der Waals surface area contributed by atoms with Crippen LogP contribution in [0.2, 0.25) is 0 Å². The molecule has 0 spiro atoms. The van der Waals surface area contributed by atoms with E-state index in [1.54, 1.807) is 19.1 Å². The summed E-state index contributed by atoms with van der Waals surface area (Å²) in [4.78, 5) is 14.3. The van der Waals surface area contributed by atoms with E-state index >= 15 is 0 Å². The number of aliphatic hydroxyl groups excluding tert-OH is 1. The van der Waals surface area contributed by atoms with Crippen molar-refractivity contribution in [3.63, 3.8) is 0 Å². The SMILES string of the molecule is CC(O)c1cccc2c1OC1C(C(=O)OF)C21. The first-order valence-electron chi connectivity index (χ1n) is 5.45. The topological polar surface area (TPSA) is 55.8 Å². The van der Waals surface area contributed by atoms with Crippen LogP contribution in [0.15, 0.2) is 18.2 Å². The van der Waals surface area contributed by atoms with Crippen LogP contribution in [0.3, 0.4) is 0 Å². The molecule has 0 saturated heterocycles. The van der Waals surface area contributed by atoms with Crippen molar-refractivity contribution in [1.29, 1.82) is 0 Å². The minimum atomic E-state index is -0.881. The Kier molecular flexibility index (Phi) is 2.13. The molecule has 0 aromatic heterocycles. The molecule has 1 heterocycles. The second-order valence-electron chi connectivity index (χ2n) is 4.47.